The number of benzene rings is 6. The van der Waals surface area contributed by atoms with E-state index < -0.39 is 0 Å². The van der Waals surface area contributed by atoms with Crippen LogP contribution in [0, 0.1) is 0 Å². The van der Waals surface area contributed by atoms with E-state index in [1.807, 2.05) is 84.9 Å². The summed E-state index contributed by atoms with van der Waals surface area (Å²) in [6.45, 7) is 0. The number of furan rings is 1. The van der Waals surface area contributed by atoms with Crippen LogP contribution in [0.3, 0.4) is 0 Å². The van der Waals surface area contributed by atoms with Gasteiger partial charge in [0, 0.05) is 33.0 Å². The first-order valence-corrected chi connectivity index (χ1v) is 14.3. The van der Waals surface area contributed by atoms with E-state index in [0.29, 0.717) is 17.5 Å². The number of nitrogens with zero attached hydrogens (tertiary/aromatic N) is 3. The fourth-order valence-electron chi connectivity index (χ4n) is 5.69. The molecular weight excluding hydrogens is 526 g/mol. The van der Waals surface area contributed by atoms with Crippen LogP contribution in [0.1, 0.15) is 0 Å². The average molecular weight is 552 g/mol. The molecule has 0 saturated carbocycles. The third-order valence-corrected chi connectivity index (χ3v) is 7.76. The standard InChI is InChI=1S/C39H25N3O/c1-4-12-26(13-5-1)27-20-22-28(23-21-27)35-32(24-25-34-36(35)31-18-10-11-19-33(31)43-34)39-41-37(29-14-6-2-7-15-29)40-38(42-39)30-16-8-3-9-17-30/h1-25H. The summed E-state index contributed by atoms with van der Waals surface area (Å²) in [5.41, 5.74) is 8.91. The van der Waals surface area contributed by atoms with Crippen molar-refractivity contribution in [2.45, 2.75) is 0 Å². The number of fused-ring (bicyclic) bond motifs is 3. The minimum Gasteiger partial charge on any atom is -0.456 e. The maximum atomic E-state index is 6.33. The monoisotopic (exact) mass is 551 g/mol. The summed E-state index contributed by atoms with van der Waals surface area (Å²) >= 11 is 0. The van der Waals surface area contributed by atoms with E-state index in [1.54, 1.807) is 0 Å². The molecule has 0 aliphatic heterocycles. The van der Waals surface area contributed by atoms with E-state index >= 15 is 0 Å². The lowest BCUT2D eigenvalue weighted by Gasteiger charge is -2.14. The van der Waals surface area contributed by atoms with Gasteiger partial charge in [-0.15, -0.1) is 0 Å². The van der Waals surface area contributed by atoms with Crippen molar-refractivity contribution < 1.29 is 4.42 Å². The van der Waals surface area contributed by atoms with Gasteiger partial charge in [-0.2, -0.15) is 0 Å². The van der Waals surface area contributed by atoms with Gasteiger partial charge in [0.1, 0.15) is 11.2 Å². The normalized spacial score (nSPS) is 11.3. The number of para-hydroxylation sites is 1. The summed E-state index contributed by atoms with van der Waals surface area (Å²) in [4.78, 5) is 15.0. The Labute approximate surface area is 249 Å². The highest BCUT2D eigenvalue weighted by Gasteiger charge is 2.21. The first kappa shape index (κ1) is 24.9. The minimum atomic E-state index is 0.613. The van der Waals surface area contributed by atoms with Crippen molar-refractivity contribution in [2.24, 2.45) is 0 Å². The molecule has 0 atom stereocenters. The van der Waals surface area contributed by atoms with Crippen LogP contribution in [0.25, 0.3) is 78.4 Å². The number of aromatic nitrogens is 3. The van der Waals surface area contributed by atoms with Crippen LogP contribution in [-0.2, 0) is 0 Å². The van der Waals surface area contributed by atoms with Crippen LogP contribution >= 0.6 is 0 Å². The molecule has 0 bridgehead atoms. The Bertz CT molecular complexity index is 2150. The Balaban J connectivity index is 1.40. The van der Waals surface area contributed by atoms with Gasteiger partial charge in [0.25, 0.3) is 0 Å². The largest absolute Gasteiger partial charge is 0.456 e. The van der Waals surface area contributed by atoms with Gasteiger partial charge < -0.3 is 4.42 Å². The van der Waals surface area contributed by atoms with Crippen LogP contribution in [0.15, 0.2) is 156 Å². The lowest BCUT2D eigenvalue weighted by Crippen LogP contribution is -2.01. The van der Waals surface area contributed by atoms with Crippen LogP contribution in [0.5, 0.6) is 0 Å². The van der Waals surface area contributed by atoms with Gasteiger partial charge in [0.2, 0.25) is 0 Å². The second-order valence-electron chi connectivity index (χ2n) is 10.4. The molecule has 2 heterocycles. The van der Waals surface area contributed by atoms with Crippen LogP contribution in [0.2, 0.25) is 0 Å². The van der Waals surface area contributed by atoms with E-state index in [-0.39, 0.29) is 0 Å². The summed E-state index contributed by atoms with van der Waals surface area (Å²) in [5, 5.41) is 2.10. The predicted molar refractivity (Wildman–Crippen MR) is 174 cm³/mol. The van der Waals surface area contributed by atoms with Crippen LogP contribution in [-0.4, -0.2) is 15.0 Å². The highest BCUT2D eigenvalue weighted by Crippen LogP contribution is 2.43. The third-order valence-electron chi connectivity index (χ3n) is 7.76. The van der Waals surface area contributed by atoms with E-state index in [4.69, 9.17) is 19.4 Å². The van der Waals surface area contributed by atoms with E-state index in [2.05, 4.69) is 66.7 Å². The Morgan fingerprint density at radius 2 is 0.837 bits per heavy atom. The summed E-state index contributed by atoms with van der Waals surface area (Å²) in [5.74, 6) is 1.88. The SMILES string of the molecule is c1ccc(-c2ccc(-c3c(-c4nc(-c5ccccc5)nc(-c5ccccc5)n4)ccc4oc5ccccc5c34)cc2)cc1. The van der Waals surface area contributed by atoms with Gasteiger partial charge in [-0.05, 0) is 34.9 Å². The molecule has 8 aromatic rings. The Kier molecular flexibility index (Phi) is 6.08. The van der Waals surface area contributed by atoms with Crippen molar-refractivity contribution in [1.82, 2.24) is 15.0 Å². The molecule has 0 unspecified atom stereocenters. The van der Waals surface area contributed by atoms with Crippen molar-refractivity contribution in [1.29, 1.82) is 0 Å². The topological polar surface area (TPSA) is 51.8 Å². The molecule has 43 heavy (non-hydrogen) atoms. The number of hydrogen-bond acceptors (Lipinski definition) is 4. The van der Waals surface area contributed by atoms with Gasteiger partial charge in [0.05, 0.1) is 0 Å². The summed E-state index contributed by atoms with van der Waals surface area (Å²) in [7, 11) is 0. The van der Waals surface area contributed by atoms with Crippen molar-refractivity contribution in [3.8, 4) is 56.4 Å². The molecule has 8 rings (SSSR count). The Hall–Kier alpha value is -5.87. The molecule has 0 N–H and O–H groups in total. The van der Waals surface area contributed by atoms with Crippen molar-refractivity contribution in [3.63, 3.8) is 0 Å². The molecule has 0 fully saturated rings. The molecule has 0 saturated heterocycles. The highest BCUT2D eigenvalue weighted by atomic mass is 16.3. The van der Waals surface area contributed by atoms with E-state index in [1.165, 1.54) is 5.56 Å². The molecule has 202 valence electrons. The molecule has 0 aliphatic carbocycles. The maximum Gasteiger partial charge on any atom is 0.164 e. The molecule has 4 heteroatoms. The van der Waals surface area contributed by atoms with Gasteiger partial charge in [-0.25, -0.2) is 15.0 Å². The zero-order chi connectivity index (χ0) is 28.6. The van der Waals surface area contributed by atoms with Crippen molar-refractivity contribution >= 4 is 21.9 Å². The summed E-state index contributed by atoms with van der Waals surface area (Å²) in [6.07, 6.45) is 0. The van der Waals surface area contributed by atoms with Crippen molar-refractivity contribution in [3.05, 3.63) is 152 Å². The molecule has 2 aromatic heterocycles. The second kappa shape index (κ2) is 10.5. The van der Waals surface area contributed by atoms with Crippen LogP contribution < -0.4 is 0 Å². The lowest BCUT2D eigenvalue weighted by atomic mass is 9.92. The quantitative estimate of drug-likeness (QED) is 0.214. The Morgan fingerprint density at radius 1 is 0.349 bits per heavy atom. The highest BCUT2D eigenvalue weighted by molar-refractivity contribution is 6.15. The molecule has 6 aromatic carbocycles. The molecule has 0 radical (unpaired) electrons. The molecule has 0 spiro atoms. The van der Waals surface area contributed by atoms with Gasteiger partial charge in [-0.3, -0.25) is 0 Å². The van der Waals surface area contributed by atoms with E-state index in [0.717, 1.165) is 55.3 Å². The first-order valence-electron chi connectivity index (χ1n) is 14.3. The molecule has 4 nitrogen and oxygen atoms in total. The van der Waals surface area contributed by atoms with Gasteiger partial charge in [0.15, 0.2) is 17.5 Å². The maximum absolute atomic E-state index is 6.33. The van der Waals surface area contributed by atoms with Crippen molar-refractivity contribution in [2.75, 3.05) is 0 Å². The zero-order valence-electron chi connectivity index (χ0n) is 23.2. The lowest BCUT2D eigenvalue weighted by molar-refractivity contribution is 0.669. The summed E-state index contributed by atoms with van der Waals surface area (Å²) < 4.78 is 6.33. The number of hydrogen-bond donors (Lipinski definition) is 0. The second-order valence-corrected chi connectivity index (χ2v) is 10.4. The first-order chi connectivity index (χ1) is 21.3. The van der Waals surface area contributed by atoms with Crippen LogP contribution in [0.4, 0.5) is 0 Å². The fraction of sp³-hybridized carbons (Fsp3) is 0. The third kappa shape index (κ3) is 4.55. The smallest absolute Gasteiger partial charge is 0.164 e. The minimum absolute atomic E-state index is 0.613. The zero-order valence-corrected chi connectivity index (χ0v) is 23.2. The fourth-order valence-corrected chi connectivity index (χ4v) is 5.69. The average Bonchev–Trinajstić information content (AvgIpc) is 3.48. The van der Waals surface area contributed by atoms with E-state index in [9.17, 15) is 0 Å². The molecular formula is C39H25N3O. The predicted octanol–water partition coefficient (Wildman–Crippen LogP) is 10.1. The summed E-state index contributed by atoms with van der Waals surface area (Å²) in [6, 6.07) is 51.6. The Morgan fingerprint density at radius 3 is 1.47 bits per heavy atom. The number of rotatable bonds is 5. The van der Waals surface area contributed by atoms with Gasteiger partial charge >= 0.3 is 0 Å². The molecule has 0 aliphatic rings. The van der Waals surface area contributed by atoms with Gasteiger partial charge in [-0.1, -0.05) is 133 Å². The molecule has 0 amide bonds.